The number of nitrogens with zero attached hydrogens (tertiary/aromatic N) is 2. The number of carbonyl (C=O) groups is 1. The highest BCUT2D eigenvalue weighted by atomic mass is 79.9. The van der Waals surface area contributed by atoms with Gasteiger partial charge in [-0.1, -0.05) is 15.9 Å². The number of amides is 1. The molecule has 1 aromatic heterocycles. The first kappa shape index (κ1) is 12.2. The van der Waals surface area contributed by atoms with Gasteiger partial charge in [0.15, 0.2) is 0 Å². The van der Waals surface area contributed by atoms with E-state index in [1.807, 2.05) is 27.8 Å². The lowest BCUT2D eigenvalue weighted by molar-refractivity contribution is 0.0942. The minimum absolute atomic E-state index is 0.0509. The molecule has 0 spiro atoms. The van der Waals surface area contributed by atoms with Gasteiger partial charge in [0.25, 0.3) is 5.91 Å². The highest BCUT2D eigenvalue weighted by molar-refractivity contribution is 9.09. The molecule has 84 valence electrons. The van der Waals surface area contributed by atoms with Crippen LogP contribution in [0.3, 0.4) is 0 Å². The van der Waals surface area contributed by atoms with Gasteiger partial charge in [-0.2, -0.15) is 5.10 Å². The quantitative estimate of drug-likeness (QED) is 0.850. The summed E-state index contributed by atoms with van der Waals surface area (Å²) in [6.07, 6.45) is 0. The number of aromatic nitrogens is 2. The molecular weight excluding hydrogens is 258 g/mol. The summed E-state index contributed by atoms with van der Waals surface area (Å²) in [6.45, 7) is 5.70. The van der Waals surface area contributed by atoms with Gasteiger partial charge in [-0.15, -0.1) is 0 Å². The molecule has 1 unspecified atom stereocenters. The van der Waals surface area contributed by atoms with Crippen LogP contribution in [0.2, 0.25) is 0 Å². The monoisotopic (exact) mass is 273 g/mol. The van der Waals surface area contributed by atoms with Gasteiger partial charge in [-0.05, 0) is 20.8 Å². The maximum absolute atomic E-state index is 11.9. The Kier molecular flexibility index (Phi) is 3.90. The van der Waals surface area contributed by atoms with Crippen molar-refractivity contribution in [2.45, 2.75) is 26.8 Å². The second-order valence-electron chi connectivity index (χ2n) is 3.70. The van der Waals surface area contributed by atoms with Crippen LogP contribution < -0.4 is 5.32 Å². The molecule has 1 heterocycles. The summed E-state index contributed by atoms with van der Waals surface area (Å²) in [5, 5.41) is 7.86. The van der Waals surface area contributed by atoms with Gasteiger partial charge in [-0.3, -0.25) is 9.48 Å². The van der Waals surface area contributed by atoms with Crippen molar-refractivity contribution < 1.29 is 4.79 Å². The molecule has 5 heteroatoms. The van der Waals surface area contributed by atoms with E-state index in [0.29, 0.717) is 5.56 Å². The van der Waals surface area contributed by atoms with Crippen molar-refractivity contribution in [3.63, 3.8) is 0 Å². The molecule has 1 N–H and O–H groups in total. The highest BCUT2D eigenvalue weighted by Gasteiger charge is 2.18. The summed E-state index contributed by atoms with van der Waals surface area (Å²) in [5.41, 5.74) is 2.35. The summed E-state index contributed by atoms with van der Waals surface area (Å²) in [7, 11) is 1.84. The van der Waals surface area contributed by atoms with E-state index >= 15 is 0 Å². The zero-order valence-electron chi connectivity index (χ0n) is 9.47. The molecule has 4 nitrogen and oxygen atoms in total. The molecule has 0 fully saturated rings. The number of alkyl halides is 1. The topological polar surface area (TPSA) is 46.9 Å². The number of rotatable bonds is 3. The lowest BCUT2D eigenvalue weighted by atomic mass is 10.2. The molecule has 1 aromatic rings. The van der Waals surface area contributed by atoms with Crippen molar-refractivity contribution >= 4 is 21.8 Å². The van der Waals surface area contributed by atoms with E-state index in [1.54, 1.807) is 4.68 Å². The second-order valence-corrected chi connectivity index (χ2v) is 4.35. The Labute approximate surface area is 98.2 Å². The van der Waals surface area contributed by atoms with Crippen LogP contribution in [0.15, 0.2) is 0 Å². The number of carbonyl (C=O) groups excluding carboxylic acids is 1. The molecule has 0 saturated heterocycles. The largest absolute Gasteiger partial charge is 0.349 e. The molecule has 15 heavy (non-hydrogen) atoms. The summed E-state index contributed by atoms with van der Waals surface area (Å²) >= 11 is 3.32. The fourth-order valence-corrected chi connectivity index (χ4v) is 1.60. The Morgan fingerprint density at radius 1 is 1.60 bits per heavy atom. The molecule has 0 aliphatic carbocycles. The smallest absolute Gasteiger partial charge is 0.255 e. The van der Waals surface area contributed by atoms with Crippen LogP contribution in [0.5, 0.6) is 0 Å². The number of aryl methyl sites for hydroxylation is 2. The minimum Gasteiger partial charge on any atom is -0.349 e. The Morgan fingerprint density at radius 2 is 2.20 bits per heavy atom. The average molecular weight is 274 g/mol. The summed E-state index contributed by atoms with van der Waals surface area (Å²) in [6, 6.07) is 0.122. The minimum atomic E-state index is -0.0509. The van der Waals surface area contributed by atoms with Crippen molar-refractivity contribution in [3.8, 4) is 0 Å². The van der Waals surface area contributed by atoms with E-state index in [1.165, 1.54) is 0 Å². The van der Waals surface area contributed by atoms with Gasteiger partial charge < -0.3 is 5.32 Å². The SMILES string of the molecule is Cc1nn(C)c(C)c1C(=O)NC(C)CBr. The standard InChI is InChI=1S/C10H16BrN3O/c1-6(5-11)12-10(15)9-7(2)13-14(4)8(9)3/h6H,5H2,1-4H3,(H,12,15). The molecule has 0 aromatic carbocycles. The van der Waals surface area contributed by atoms with E-state index in [4.69, 9.17) is 0 Å². The van der Waals surface area contributed by atoms with Crippen LogP contribution in [0.4, 0.5) is 0 Å². The Morgan fingerprint density at radius 3 is 2.60 bits per heavy atom. The predicted octanol–water partition coefficient (Wildman–Crippen LogP) is 1.55. The molecule has 1 rings (SSSR count). The number of hydrogen-bond acceptors (Lipinski definition) is 2. The van der Waals surface area contributed by atoms with Gasteiger partial charge in [0.1, 0.15) is 0 Å². The van der Waals surface area contributed by atoms with Crippen LogP contribution >= 0.6 is 15.9 Å². The third-order valence-electron chi connectivity index (χ3n) is 2.35. The first-order valence-corrected chi connectivity index (χ1v) is 5.96. The maximum atomic E-state index is 11.9. The molecule has 0 radical (unpaired) electrons. The average Bonchev–Trinajstić information content (AvgIpc) is 2.41. The van der Waals surface area contributed by atoms with E-state index in [2.05, 4.69) is 26.3 Å². The zero-order chi connectivity index (χ0) is 11.6. The molecule has 0 bridgehead atoms. The second kappa shape index (κ2) is 4.79. The molecule has 1 amide bonds. The summed E-state index contributed by atoms with van der Waals surface area (Å²) in [5.74, 6) is -0.0509. The summed E-state index contributed by atoms with van der Waals surface area (Å²) in [4.78, 5) is 11.9. The molecular formula is C10H16BrN3O. The molecule has 0 aliphatic rings. The Bertz CT molecular complexity index is 373. The van der Waals surface area contributed by atoms with Crippen molar-refractivity contribution in [3.05, 3.63) is 17.0 Å². The lowest BCUT2D eigenvalue weighted by Gasteiger charge is -2.10. The Hall–Kier alpha value is -0.840. The van der Waals surface area contributed by atoms with Crippen molar-refractivity contribution in [1.82, 2.24) is 15.1 Å². The van der Waals surface area contributed by atoms with Crippen molar-refractivity contribution in [2.24, 2.45) is 7.05 Å². The van der Waals surface area contributed by atoms with Crippen LogP contribution in [0, 0.1) is 13.8 Å². The molecule has 0 saturated carbocycles. The van der Waals surface area contributed by atoms with Crippen molar-refractivity contribution in [2.75, 3.05) is 5.33 Å². The van der Waals surface area contributed by atoms with Crippen LogP contribution in [0.1, 0.15) is 28.7 Å². The van der Waals surface area contributed by atoms with Crippen LogP contribution in [-0.4, -0.2) is 27.1 Å². The van der Waals surface area contributed by atoms with Gasteiger partial charge in [0.05, 0.1) is 11.3 Å². The molecule has 0 aliphatic heterocycles. The van der Waals surface area contributed by atoms with Crippen molar-refractivity contribution in [1.29, 1.82) is 0 Å². The van der Waals surface area contributed by atoms with Gasteiger partial charge in [0, 0.05) is 24.1 Å². The Balaban J connectivity index is 2.91. The van der Waals surface area contributed by atoms with E-state index in [9.17, 15) is 4.79 Å². The third-order valence-corrected chi connectivity index (χ3v) is 3.32. The van der Waals surface area contributed by atoms with Gasteiger partial charge >= 0.3 is 0 Å². The van der Waals surface area contributed by atoms with E-state index in [-0.39, 0.29) is 11.9 Å². The normalized spacial score (nSPS) is 12.6. The molecule has 1 atom stereocenters. The highest BCUT2D eigenvalue weighted by Crippen LogP contribution is 2.11. The fourth-order valence-electron chi connectivity index (χ4n) is 1.44. The first-order valence-electron chi connectivity index (χ1n) is 4.84. The first-order chi connectivity index (χ1) is 6.97. The van der Waals surface area contributed by atoms with Crippen LogP contribution in [-0.2, 0) is 7.05 Å². The van der Waals surface area contributed by atoms with Gasteiger partial charge in [0.2, 0.25) is 0 Å². The lowest BCUT2D eigenvalue weighted by Crippen LogP contribution is -2.34. The van der Waals surface area contributed by atoms with E-state index in [0.717, 1.165) is 16.7 Å². The number of nitrogens with one attached hydrogen (secondary N) is 1. The predicted molar refractivity (Wildman–Crippen MR) is 63.4 cm³/mol. The fraction of sp³-hybridized carbons (Fsp3) is 0.600. The number of halogens is 1. The third kappa shape index (κ3) is 2.59. The number of hydrogen-bond donors (Lipinski definition) is 1. The maximum Gasteiger partial charge on any atom is 0.255 e. The van der Waals surface area contributed by atoms with E-state index < -0.39 is 0 Å². The van der Waals surface area contributed by atoms with Crippen LogP contribution in [0.25, 0.3) is 0 Å². The van der Waals surface area contributed by atoms with Gasteiger partial charge in [-0.25, -0.2) is 0 Å². The summed E-state index contributed by atoms with van der Waals surface area (Å²) < 4.78 is 1.73. The zero-order valence-corrected chi connectivity index (χ0v) is 11.1.